The zero-order valence-corrected chi connectivity index (χ0v) is 18.7. The molecule has 0 saturated carbocycles. The molecule has 1 aromatic rings. The fourth-order valence-corrected chi connectivity index (χ4v) is 5.57. The molecule has 0 aromatic heterocycles. The van der Waals surface area contributed by atoms with Gasteiger partial charge in [0.2, 0.25) is 5.91 Å². The molecule has 1 fully saturated rings. The standard InChI is InChI=1S/C21H32N4O4S/c1-4-22-20(23-11-9-19(26)24-15-10-12-30(27,28)14-15)25-17-13-21(2,3)29-18-8-6-5-7-16(17)18/h5-8,15,17H,4,9-14H2,1-3H3,(H,24,26)(H2,22,23,25). The van der Waals surface area contributed by atoms with Gasteiger partial charge in [-0.2, -0.15) is 0 Å². The number of benzene rings is 1. The van der Waals surface area contributed by atoms with Gasteiger partial charge in [0.25, 0.3) is 0 Å². The van der Waals surface area contributed by atoms with Crippen LogP contribution in [0.5, 0.6) is 5.75 Å². The van der Waals surface area contributed by atoms with E-state index in [2.05, 4.69) is 40.9 Å². The van der Waals surface area contributed by atoms with Crippen LogP contribution < -0.4 is 20.7 Å². The lowest BCUT2D eigenvalue weighted by Crippen LogP contribution is -2.45. The molecular weight excluding hydrogens is 404 g/mol. The van der Waals surface area contributed by atoms with Gasteiger partial charge in [-0.1, -0.05) is 18.2 Å². The maximum Gasteiger partial charge on any atom is 0.222 e. The molecule has 3 rings (SSSR count). The van der Waals surface area contributed by atoms with Crippen LogP contribution in [-0.2, 0) is 14.6 Å². The molecule has 1 amide bonds. The number of carbonyl (C=O) groups is 1. The predicted molar refractivity (Wildman–Crippen MR) is 117 cm³/mol. The molecule has 2 aliphatic rings. The van der Waals surface area contributed by atoms with Crippen molar-refractivity contribution in [2.45, 2.75) is 57.7 Å². The Balaban J connectivity index is 1.59. The third kappa shape index (κ3) is 6.10. The quantitative estimate of drug-likeness (QED) is 0.461. The van der Waals surface area contributed by atoms with Crippen LogP contribution in [0.15, 0.2) is 29.3 Å². The highest BCUT2D eigenvalue weighted by molar-refractivity contribution is 7.91. The Morgan fingerprint density at radius 3 is 2.73 bits per heavy atom. The monoisotopic (exact) mass is 436 g/mol. The zero-order valence-electron chi connectivity index (χ0n) is 17.9. The van der Waals surface area contributed by atoms with Gasteiger partial charge in [-0.3, -0.25) is 9.79 Å². The number of sulfone groups is 1. The minimum Gasteiger partial charge on any atom is -0.487 e. The summed E-state index contributed by atoms with van der Waals surface area (Å²) in [6.07, 6.45) is 1.48. The molecule has 2 unspecified atom stereocenters. The van der Waals surface area contributed by atoms with Gasteiger partial charge in [0.05, 0.1) is 24.1 Å². The Morgan fingerprint density at radius 1 is 1.27 bits per heavy atom. The van der Waals surface area contributed by atoms with Crippen LogP contribution in [0, 0.1) is 0 Å². The minimum absolute atomic E-state index is 0.0329. The minimum atomic E-state index is -3.01. The summed E-state index contributed by atoms with van der Waals surface area (Å²) >= 11 is 0. The van der Waals surface area contributed by atoms with Gasteiger partial charge in [0.1, 0.15) is 11.4 Å². The van der Waals surface area contributed by atoms with Crippen molar-refractivity contribution in [1.29, 1.82) is 0 Å². The number of para-hydroxylation sites is 1. The number of fused-ring (bicyclic) bond motifs is 1. The SMILES string of the molecule is CCNC(=NCCC(=O)NC1CCS(=O)(=O)C1)NC1CC(C)(C)Oc2ccccc21. The van der Waals surface area contributed by atoms with E-state index in [0.717, 1.165) is 17.7 Å². The van der Waals surface area contributed by atoms with E-state index >= 15 is 0 Å². The number of guanidine groups is 1. The Hall–Kier alpha value is -2.29. The molecule has 166 valence electrons. The number of rotatable bonds is 6. The number of aliphatic imine (C=N–C) groups is 1. The molecule has 0 aliphatic carbocycles. The maximum absolute atomic E-state index is 12.2. The fraction of sp³-hybridized carbons (Fsp3) is 0.619. The van der Waals surface area contributed by atoms with Crippen molar-refractivity contribution in [3.8, 4) is 5.75 Å². The molecule has 2 atom stereocenters. The molecule has 9 heteroatoms. The number of carbonyl (C=O) groups excluding carboxylic acids is 1. The molecule has 0 bridgehead atoms. The first kappa shape index (κ1) is 22.4. The van der Waals surface area contributed by atoms with Gasteiger partial charge < -0.3 is 20.7 Å². The van der Waals surface area contributed by atoms with Crippen LogP contribution in [0.3, 0.4) is 0 Å². The van der Waals surface area contributed by atoms with E-state index < -0.39 is 9.84 Å². The lowest BCUT2D eigenvalue weighted by molar-refractivity contribution is -0.121. The molecule has 8 nitrogen and oxygen atoms in total. The topological polar surface area (TPSA) is 109 Å². The maximum atomic E-state index is 12.2. The highest BCUT2D eigenvalue weighted by Crippen LogP contribution is 2.39. The van der Waals surface area contributed by atoms with E-state index in [0.29, 0.717) is 25.5 Å². The number of hydrogen-bond donors (Lipinski definition) is 3. The van der Waals surface area contributed by atoms with E-state index in [4.69, 9.17) is 4.74 Å². The summed E-state index contributed by atoms with van der Waals surface area (Å²) in [6, 6.07) is 7.74. The Morgan fingerprint density at radius 2 is 2.03 bits per heavy atom. The summed E-state index contributed by atoms with van der Waals surface area (Å²) in [7, 11) is -3.01. The second kappa shape index (κ2) is 9.24. The third-order valence-corrected chi connectivity index (χ3v) is 7.01. The highest BCUT2D eigenvalue weighted by Gasteiger charge is 2.34. The third-order valence-electron chi connectivity index (χ3n) is 5.24. The lowest BCUT2D eigenvalue weighted by atomic mass is 9.90. The van der Waals surface area contributed by atoms with Gasteiger partial charge >= 0.3 is 0 Å². The van der Waals surface area contributed by atoms with Gasteiger partial charge in [-0.15, -0.1) is 0 Å². The van der Waals surface area contributed by atoms with Gasteiger partial charge in [0.15, 0.2) is 15.8 Å². The van der Waals surface area contributed by atoms with Crippen molar-refractivity contribution < 1.29 is 17.9 Å². The average molecular weight is 437 g/mol. The summed E-state index contributed by atoms with van der Waals surface area (Å²) < 4.78 is 29.1. The van der Waals surface area contributed by atoms with Crippen molar-refractivity contribution in [3.05, 3.63) is 29.8 Å². The van der Waals surface area contributed by atoms with Crippen LogP contribution in [0.1, 0.15) is 51.6 Å². The second-order valence-corrected chi connectivity index (χ2v) is 10.7. The number of amides is 1. The van der Waals surface area contributed by atoms with E-state index in [1.807, 2.05) is 25.1 Å². The summed E-state index contributed by atoms with van der Waals surface area (Å²) in [5.41, 5.74) is 0.785. The van der Waals surface area contributed by atoms with Crippen molar-refractivity contribution in [1.82, 2.24) is 16.0 Å². The highest BCUT2D eigenvalue weighted by atomic mass is 32.2. The number of nitrogens with one attached hydrogen (secondary N) is 3. The van der Waals surface area contributed by atoms with Crippen LogP contribution in [0.4, 0.5) is 0 Å². The van der Waals surface area contributed by atoms with Crippen LogP contribution in [0.25, 0.3) is 0 Å². The summed E-state index contributed by atoms with van der Waals surface area (Å²) in [5, 5.41) is 9.51. The van der Waals surface area contributed by atoms with Gasteiger partial charge in [0, 0.05) is 31.0 Å². The lowest BCUT2D eigenvalue weighted by Gasteiger charge is -2.38. The number of hydrogen-bond acceptors (Lipinski definition) is 5. The Bertz CT molecular complexity index is 898. The molecule has 1 saturated heterocycles. The second-order valence-electron chi connectivity index (χ2n) is 8.48. The van der Waals surface area contributed by atoms with E-state index in [1.54, 1.807) is 0 Å². The van der Waals surface area contributed by atoms with E-state index in [-0.39, 0.29) is 41.5 Å². The number of nitrogens with zero attached hydrogens (tertiary/aromatic N) is 1. The molecule has 2 heterocycles. The van der Waals surface area contributed by atoms with Gasteiger partial charge in [-0.05, 0) is 33.3 Å². The largest absolute Gasteiger partial charge is 0.487 e. The van der Waals surface area contributed by atoms with E-state index in [1.165, 1.54) is 0 Å². The molecule has 0 radical (unpaired) electrons. The smallest absolute Gasteiger partial charge is 0.222 e. The normalized spacial score (nSPS) is 24.4. The Labute approximate surface area is 178 Å². The van der Waals surface area contributed by atoms with Crippen molar-refractivity contribution in [3.63, 3.8) is 0 Å². The first-order valence-electron chi connectivity index (χ1n) is 10.5. The van der Waals surface area contributed by atoms with Crippen LogP contribution in [-0.4, -0.2) is 56.5 Å². The number of ether oxygens (including phenoxy) is 1. The summed E-state index contributed by atoms with van der Waals surface area (Å²) in [6.45, 7) is 7.14. The first-order chi connectivity index (χ1) is 14.2. The summed E-state index contributed by atoms with van der Waals surface area (Å²) in [5.74, 6) is 1.52. The molecule has 30 heavy (non-hydrogen) atoms. The van der Waals surface area contributed by atoms with Crippen LogP contribution >= 0.6 is 0 Å². The predicted octanol–water partition coefficient (Wildman–Crippen LogP) is 1.54. The van der Waals surface area contributed by atoms with E-state index in [9.17, 15) is 13.2 Å². The first-order valence-corrected chi connectivity index (χ1v) is 12.3. The van der Waals surface area contributed by atoms with Gasteiger partial charge in [-0.25, -0.2) is 8.42 Å². The summed E-state index contributed by atoms with van der Waals surface area (Å²) in [4.78, 5) is 16.7. The molecule has 2 aliphatic heterocycles. The van der Waals surface area contributed by atoms with Crippen molar-refractivity contribution in [2.24, 2.45) is 4.99 Å². The zero-order chi connectivity index (χ0) is 21.8. The Kier molecular flexibility index (Phi) is 6.90. The average Bonchev–Trinajstić information content (AvgIpc) is 2.99. The fourth-order valence-electron chi connectivity index (χ4n) is 3.89. The molecular formula is C21H32N4O4S. The van der Waals surface area contributed by atoms with Crippen molar-refractivity contribution >= 4 is 21.7 Å². The van der Waals surface area contributed by atoms with Crippen LogP contribution in [0.2, 0.25) is 0 Å². The molecule has 0 spiro atoms. The molecule has 1 aromatic carbocycles. The molecule has 3 N–H and O–H groups in total. The van der Waals surface area contributed by atoms with Crippen molar-refractivity contribution in [2.75, 3.05) is 24.6 Å².